The van der Waals surface area contributed by atoms with Gasteiger partial charge in [-0.25, -0.2) is 4.98 Å². The third-order valence-electron chi connectivity index (χ3n) is 3.16. The van der Waals surface area contributed by atoms with Crippen LogP contribution in [0.4, 0.5) is 5.82 Å². The van der Waals surface area contributed by atoms with E-state index in [0.29, 0.717) is 36.0 Å². The van der Waals surface area contributed by atoms with Crippen molar-refractivity contribution in [2.24, 2.45) is 0 Å². The highest BCUT2D eigenvalue weighted by atomic mass is 35.5. The van der Waals surface area contributed by atoms with E-state index in [4.69, 9.17) is 16.9 Å². The number of nitriles is 1. The SMILES string of the molecule is CCNC(=O)C1CNCCN1c1nccc(C#N)c1Cl. The minimum Gasteiger partial charge on any atom is -0.355 e. The van der Waals surface area contributed by atoms with Gasteiger partial charge in [-0.1, -0.05) is 11.6 Å². The smallest absolute Gasteiger partial charge is 0.244 e. The number of halogens is 1. The largest absolute Gasteiger partial charge is 0.355 e. The van der Waals surface area contributed by atoms with Gasteiger partial charge in [-0.15, -0.1) is 0 Å². The molecule has 0 bridgehead atoms. The molecule has 2 heterocycles. The molecule has 1 amide bonds. The molecule has 7 heteroatoms. The van der Waals surface area contributed by atoms with E-state index < -0.39 is 0 Å². The van der Waals surface area contributed by atoms with Crippen molar-refractivity contribution < 1.29 is 4.79 Å². The predicted molar refractivity (Wildman–Crippen MR) is 76.6 cm³/mol. The Balaban J connectivity index is 2.33. The number of anilines is 1. The van der Waals surface area contributed by atoms with Crippen LogP contribution in [0.3, 0.4) is 0 Å². The van der Waals surface area contributed by atoms with Crippen molar-refractivity contribution in [3.8, 4) is 6.07 Å². The van der Waals surface area contributed by atoms with Crippen LogP contribution in [0.15, 0.2) is 12.3 Å². The summed E-state index contributed by atoms with van der Waals surface area (Å²) in [7, 11) is 0. The molecule has 1 aromatic rings. The molecule has 0 aromatic carbocycles. The molecule has 0 radical (unpaired) electrons. The van der Waals surface area contributed by atoms with Gasteiger partial charge in [0, 0.05) is 32.4 Å². The lowest BCUT2D eigenvalue weighted by molar-refractivity contribution is -0.122. The van der Waals surface area contributed by atoms with Gasteiger partial charge in [0.1, 0.15) is 23.0 Å². The maximum Gasteiger partial charge on any atom is 0.244 e. The molecule has 1 saturated heterocycles. The van der Waals surface area contributed by atoms with E-state index in [-0.39, 0.29) is 11.9 Å². The Labute approximate surface area is 122 Å². The second-order valence-electron chi connectivity index (χ2n) is 4.42. The van der Waals surface area contributed by atoms with Crippen molar-refractivity contribution in [3.63, 3.8) is 0 Å². The molecule has 0 spiro atoms. The second-order valence-corrected chi connectivity index (χ2v) is 4.79. The number of carbonyl (C=O) groups excluding carboxylic acids is 1. The van der Waals surface area contributed by atoms with E-state index in [1.54, 1.807) is 6.07 Å². The number of piperazine rings is 1. The van der Waals surface area contributed by atoms with Gasteiger partial charge < -0.3 is 15.5 Å². The van der Waals surface area contributed by atoms with E-state index in [1.165, 1.54) is 6.20 Å². The zero-order chi connectivity index (χ0) is 14.5. The topological polar surface area (TPSA) is 81.1 Å². The fourth-order valence-corrected chi connectivity index (χ4v) is 2.47. The third kappa shape index (κ3) is 2.84. The summed E-state index contributed by atoms with van der Waals surface area (Å²) in [4.78, 5) is 18.2. The van der Waals surface area contributed by atoms with Crippen LogP contribution < -0.4 is 15.5 Å². The number of aromatic nitrogens is 1. The van der Waals surface area contributed by atoms with Crippen molar-refractivity contribution >= 4 is 23.3 Å². The number of likely N-dealkylation sites (N-methyl/N-ethyl adjacent to an activating group) is 1. The van der Waals surface area contributed by atoms with Crippen LogP contribution in [-0.4, -0.2) is 43.1 Å². The van der Waals surface area contributed by atoms with Crippen LogP contribution >= 0.6 is 11.6 Å². The fraction of sp³-hybridized carbons (Fsp3) is 0.462. The molecule has 1 aromatic heterocycles. The van der Waals surface area contributed by atoms with Crippen molar-refractivity contribution in [1.29, 1.82) is 5.26 Å². The molecule has 0 aliphatic carbocycles. The quantitative estimate of drug-likeness (QED) is 0.849. The molecule has 20 heavy (non-hydrogen) atoms. The Kier molecular flexibility index (Phi) is 4.77. The van der Waals surface area contributed by atoms with Crippen molar-refractivity contribution in [2.45, 2.75) is 13.0 Å². The first-order valence-electron chi connectivity index (χ1n) is 6.48. The molecular formula is C13H16ClN5O. The molecule has 1 unspecified atom stereocenters. The zero-order valence-corrected chi connectivity index (χ0v) is 11.9. The summed E-state index contributed by atoms with van der Waals surface area (Å²) in [5.74, 6) is 0.420. The van der Waals surface area contributed by atoms with Crippen LogP contribution in [0.25, 0.3) is 0 Å². The van der Waals surface area contributed by atoms with E-state index >= 15 is 0 Å². The summed E-state index contributed by atoms with van der Waals surface area (Å²) < 4.78 is 0. The number of nitrogens with zero attached hydrogens (tertiary/aromatic N) is 3. The highest BCUT2D eigenvalue weighted by molar-refractivity contribution is 6.34. The van der Waals surface area contributed by atoms with Crippen LogP contribution in [-0.2, 0) is 4.79 Å². The van der Waals surface area contributed by atoms with Crippen molar-refractivity contribution in [3.05, 3.63) is 22.8 Å². The summed E-state index contributed by atoms with van der Waals surface area (Å²) in [6.45, 7) is 4.33. The molecule has 1 aliphatic heterocycles. The van der Waals surface area contributed by atoms with Crippen molar-refractivity contribution in [2.75, 3.05) is 31.1 Å². The van der Waals surface area contributed by atoms with Gasteiger partial charge in [0.25, 0.3) is 0 Å². The van der Waals surface area contributed by atoms with Gasteiger partial charge in [-0.3, -0.25) is 4.79 Å². The average molecular weight is 294 g/mol. The Hall–Kier alpha value is -1.84. The Morgan fingerprint density at radius 3 is 3.25 bits per heavy atom. The Morgan fingerprint density at radius 2 is 2.55 bits per heavy atom. The van der Waals surface area contributed by atoms with Crippen LogP contribution in [0.2, 0.25) is 5.02 Å². The molecule has 0 saturated carbocycles. The first kappa shape index (κ1) is 14.6. The third-order valence-corrected chi connectivity index (χ3v) is 3.53. The number of carbonyl (C=O) groups is 1. The van der Waals surface area contributed by atoms with E-state index in [1.807, 2.05) is 17.9 Å². The number of hydrogen-bond acceptors (Lipinski definition) is 5. The molecular weight excluding hydrogens is 278 g/mol. The van der Waals surface area contributed by atoms with Crippen LogP contribution in [0.5, 0.6) is 0 Å². The summed E-state index contributed by atoms with van der Waals surface area (Å²) >= 11 is 6.21. The summed E-state index contributed by atoms with van der Waals surface area (Å²) in [5.41, 5.74) is 0.366. The number of amides is 1. The predicted octanol–water partition coefficient (Wildman–Crippen LogP) is 0.521. The number of hydrogen-bond donors (Lipinski definition) is 2. The first-order valence-corrected chi connectivity index (χ1v) is 6.86. The lowest BCUT2D eigenvalue weighted by Crippen LogP contribution is -2.58. The van der Waals surface area contributed by atoms with Crippen LogP contribution in [0.1, 0.15) is 12.5 Å². The Bertz CT molecular complexity index is 542. The summed E-state index contributed by atoms with van der Waals surface area (Å²) in [5, 5.41) is 15.3. The van der Waals surface area contributed by atoms with Gasteiger partial charge in [-0.2, -0.15) is 5.26 Å². The number of rotatable bonds is 3. The van der Waals surface area contributed by atoms with E-state index in [2.05, 4.69) is 15.6 Å². The van der Waals surface area contributed by atoms with Crippen LogP contribution in [0, 0.1) is 11.3 Å². The molecule has 106 valence electrons. The maximum absolute atomic E-state index is 12.1. The minimum atomic E-state index is -0.373. The highest BCUT2D eigenvalue weighted by Crippen LogP contribution is 2.28. The number of nitrogens with one attached hydrogen (secondary N) is 2. The molecule has 2 N–H and O–H groups in total. The lowest BCUT2D eigenvalue weighted by Gasteiger charge is -2.36. The van der Waals surface area contributed by atoms with Gasteiger partial charge in [0.2, 0.25) is 5.91 Å². The van der Waals surface area contributed by atoms with Gasteiger partial charge in [0.15, 0.2) is 0 Å². The van der Waals surface area contributed by atoms with Gasteiger partial charge in [-0.05, 0) is 13.0 Å². The highest BCUT2D eigenvalue weighted by Gasteiger charge is 2.30. The number of pyridine rings is 1. The standard InChI is InChI=1S/C13H16ClN5O/c1-2-17-13(20)10-8-16-5-6-19(10)12-11(14)9(7-15)3-4-18-12/h3-4,10,16H,2,5-6,8H2,1H3,(H,17,20). The summed E-state index contributed by atoms with van der Waals surface area (Å²) in [6, 6.07) is 3.22. The minimum absolute atomic E-state index is 0.0695. The lowest BCUT2D eigenvalue weighted by atomic mass is 10.1. The van der Waals surface area contributed by atoms with E-state index in [0.717, 1.165) is 6.54 Å². The summed E-state index contributed by atoms with van der Waals surface area (Å²) in [6.07, 6.45) is 1.54. The monoisotopic (exact) mass is 293 g/mol. The Morgan fingerprint density at radius 1 is 1.75 bits per heavy atom. The molecule has 1 fully saturated rings. The van der Waals surface area contributed by atoms with Gasteiger partial charge >= 0.3 is 0 Å². The maximum atomic E-state index is 12.1. The molecule has 1 aliphatic rings. The molecule has 6 nitrogen and oxygen atoms in total. The van der Waals surface area contributed by atoms with Crippen molar-refractivity contribution in [1.82, 2.24) is 15.6 Å². The zero-order valence-electron chi connectivity index (χ0n) is 11.2. The molecule has 1 atom stereocenters. The second kappa shape index (κ2) is 6.55. The van der Waals surface area contributed by atoms with E-state index in [9.17, 15) is 4.79 Å². The normalized spacial score (nSPS) is 18.4. The molecule has 2 rings (SSSR count). The first-order chi connectivity index (χ1) is 9.69. The average Bonchev–Trinajstić information content (AvgIpc) is 2.48. The fourth-order valence-electron chi connectivity index (χ4n) is 2.20. The van der Waals surface area contributed by atoms with Gasteiger partial charge in [0.05, 0.1) is 5.56 Å².